The molecule has 0 saturated heterocycles. The van der Waals surface area contributed by atoms with Crippen molar-refractivity contribution in [1.82, 2.24) is 15.0 Å². The van der Waals surface area contributed by atoms with Gasteiger partial charge in [0, 0.05) is 18.0 Å². The van der Waals surface area contributed by atoms with Crippen LogP contribution >= 0.6 is 0 Å². The molecule has 12 heteroatoms. The van der Waals surface area contributed by atoms with Crippen molar-refractivity contribution >= 4 is 15.7 Å². The number of anilines is 1. The van der Waals surface area contributed by atoms with E-state index in [1.807, 2.05) is 6.07 Å². The third-order valence-electron chi connectivity index (χ3n) is 4.14. The van der Waals surface area contributed by atoms with Crippen LogP contribution in [0.4, 0.5) is 18.9 Å². The van der Waals surface area contributed by atoms with Crippen LogP contribution in [0.15, 0.2) is 36.7 Å². The molecule has 3 heterocycles. The Balaban J connectivity index is 2.12. The molecule has 0 amide bonds. The fourth-order valence-electron chi connectivity index (χ4n) is 2.81. The summed E-state index contributed by atoms with van der Waals surface area (Å²) in [5, 5.41) is 9.07. The number of sulfonamides is 1. The van der Waals surface area contributed by atoms with Crippen LogP contribution in [0.2, 0.25) is 0 Å². The molecule has 8 nitrogen and oxygen atoms in total. The number of halogens is 3. The number of ether oxygens (including phenoxy) is 1. The molecule has 0 radical (unpaired) electrons. The molecule has 0 aliphatic heterocycles. The number of rotatable bonds is 5. The molecule has 3 aromatic rings. The minimum Gasteiger partial charge on any atom is -0.435 e. The van der Waals surface area contributed by atoms with Gasteiger partial charge in [0.1, 0.15) is 17.5 Å². The first-order valence-corrected chi connectivity index (χ1v) is 10.8. The largest absolute Gasteiger partial charge is 0.435 e. The van der Waals surface area contributed by atoms with Crippen LogP contribution in [0.1, 0.15) is 22.5 Å². The highest BCUT2D eigenvalue weighted by molar-refractivity contribution is 7.92. The van der Waals surface area contributed by atoms with Crippen LogP contribution in [0.3, 0.4) is 0 Å². The van der Waals surface area contributed by atoms with Gasteiger partial charge in [-0.15, -0.1) is 0 Å². The van der Waals surface area contributed by atoms with Gasteiger partial charge in [-0.2, -0.15) is 18.4 Å². The molecular formula is C20H16F3N5O3S. The molecule has 0 aliphatic carbocycles. The lowest BCUT2D eigenvalue weighted by Crippen LogP contribution is -2.12. The predicted molar refractivity (Wildman–Crippen MR) is 109 cm³/mol. The van der Waals surface area contributed by atoms with Crippen LogP contribution < -0.4 is 9.46 Å². The molecule has 1 N–H and O–H groups in total. The Morgan fingerprint density at radius 2 is 1.84 bits per heavy atom. The lowest BCUT2D eigenvalue weighted by atomic mass is 10.1. The van der Waals surface area contributed by atoms with E-state index in [4.69, 9.17) is 10.00 Å². The molecule has 3 rings (SSSR count). The number of pyridine rings is 3. The second-order valence-corrected chi connectivity index (χ2v) is 8.58. The van der Waals surface area contributed by atoms with Gasteiger partial charge in [0.15, 0.2) is 5.75 Å². The van der Waals surface area contributed by atoms with Crippen molar-refractivity contribution in [3.05, 3.63) is 59.2 Å². The summed E-state index contributed by atoms with van der Waals surface area (Å²) >= 11 is 0. The van der Waals surface area contributed by atoms with Crippen LogP contribution in [-0.2, 0) is 16.2 Å². The zero-order valence-electron chi connectivity index (χ0n) is 17.0. The third-order valence-corrected chi connectivity index (χ3v) is 4.73. The standard InChI is InChI=1S/C20H16F3N5O3S/c1-11-6-17(20(21,22)23)26-12(2)18(11)31-19-16(28-32(3,29)30)5-4-15(27-19)14-7-13(8-24)9-25-10-14/h4-7,9-10,28H,1-3H3. The molecule has 0 saturated carbocycles. The summed E-state index contributed by atoms with van der Waals surface area (Å²) in [6.07, 6.45) is -0.886. The highest BCUT2D eigenvalue weighted by Crippen LogP contribution is 2.36. The number of hydrogen-bond donors (Lipinski definition) is 1. The number of alkyl halides is 3. The van der Waals surface area contributed by atoms with Gasteiger partial charge in [0.05, 0.1) is 23.2 Å². The first-order valence-electron chi connectivity index (χ1n) is 8.95. The molecule has 0 bridgehead atoms. The zero-order valence-corrected chi connectivity index (χ0v) is 17.8. The van der Waals surface area contributed by atoms with Gasteiger partial charge >= 0.3 is 6.18 Å². The molecule has 0 atom stereocenters. The van der Waals surface area contributed by atoms with E-state index in [0.29, 0.717) is 11.3 Å². The highest BCUT2D eigenvalue weighted by atomic mass is 32.2. The van der Waals surface area contributed by atoms with Crippen molar-refractivity contribution in [2.45, 2.75) is 20.0 Å². The van der Waals surface area contributed by atoms with Gasteiger partial charge in [-0.1, -0.05) is 0 Å². The van der Waals surface area contributed by atoms with Crippen molar-refractivity contribution in [3.8, 4) is 29.0 Å². The van der Waals surface area contributed by atoms with Crippen LogP contribution in [0, 0.1) is 25.2 Å². The van der Waals surface area contributed by atoms with Gasteiger partial charge < -0.3 is 4.74 Å². The summed E-state index contributed by atoms with van der Waals surface area (Å²) in [4.78, 5) is 11.8. The first-order chi connectivity index (χ1) is 14.9. The Hall–Kier alpha value is -3.72. The second-order valence-electron chi connectivity index (χ2n) is 6.84. The molecule has 32 heavy (non-hydrogen) atoms. The second kappa shape index (κ2) is 8.43. The van der Waals surface area contributed by atoms with Crippen molar-refractivity contribution in [1.29, 1.82) is 5.26 Å². The maximum absolute atomic E-state index is 13.0. The Morgan fingerprint density at radius 1 is 1.12 bits per heavy atom. The van der Waals surface area contributed by atoms with Crippen LogP contribution in [0.5, 0.6) is 11.6 Å². The average Bonchev–Trinajstić information content (AvgIpc) is 2.69. The molecule has 0 spiro atoms. The van der Waals surface area contributed by atoms with Crippen molar-refractivity contribution < 1.29 is 26.3 Å². The van der Waals surface area contributed by atoms with Gasteiger partial charge in [0.25, 0.3) is 0 Å². The molecule has 3 aromatic heterocycles. The van der Waals surface area contributed by atoms with Gasteiger partial charge in [0.2, 0.25) is 15.9 Å². The lowest BCUT2D eigenvalue weighted by Gasteiger charge is -2.16. The smallest absolute Gasteiger partial charge is 0.433 e. The van der Waals surface area contributed by atoms with E-state index >= 15 is 0 Å². The highest BCUT2D eigenvalue weighted by Gasteiger charge is 2.33. The van der Waals surface area contributed by atoms with E-state index in [1.165, 1.54) is 44.4 Å². The summed E-state index contributed by atoms with van der Waals surface area (Å²) in [5.74, 6) is -0.203. The number of nitriles is 1. The minimum absolute atomic E-state index is 0.00287. The number of nitrogens with zero attached hydrogens (tertiary/aromatic N) is 4. The Kier molecular flexibility index (Phi) is 6.05. The Labute approximate surface area is 181 Å². The molecule has 0 fully saturated rings. The summed E-state index contributed by atoms with van der Waals surface area (Å²) < 4.78 is 70.6. The number of aromatic nitrogens is 3. The number of nitrogens with one attached hydrogen (secondary N) is 1. The predicted octanol–water partition coefficient (Wildman–Crippen LogP) is 4.21. The van der Waals surface area contributed by atoms with E-state index in [9.17, 15) is 21.6 Å². The fraction of sp³-hybridized carbons (Fsp3) is 0.200. The van der Waals surface area contributed by atoms with E-state index in [0.717, 1.165) is 12.3 Å². The monoisotopic (exact) mass is 463 g/mol. The fourth-order valence-corrected chi connectivity index (χ4v) is 3.37. The summed E-state index contributed by atoms with van der Waals surface area (Å²) in [7, 11) is -3.72. The van der Waals surface area contributed by atoms with E-state index < -0.39 is 21.9 Å². The third kappa shape index (κ3) is 5.30. The number of aryl methyl sites for hydroxylation is 2. The van der Waals surface area contributed by atoms with E-state index in [2.05, 4.69) is 19.7 Å². The Morgan fingerprint density at radius 3 is 2.44 bits per heavy atom. The number of hydrogen-bond acceptors (Lipinski definition) is 7. The topological polar surface area (TPSA) is 118 Å². The Bertz CT molecular complexity index is 1310. The van der Waals surface area contributed by atoms with Gasteiger partial charge in [-0.05, 0) is 43.7 Å². The van der Waals surface area contributed by atoms with Crippen LogP contribution in [-0.4, -0.2) is 29.6 Å². The van der Waals surface area contributed by atoms with Crippen molar-refractivity contribution in [2.24, 2.45) is 0 Å². The quantitative estimate of drug-likeness (QED) is 0.602. The maximum Gasteiger partial charge on any atom is 0.433 e. The van der Waals surface area contributed by atoms with Crippen molar-refractivity contribution in [3.63, 3.8) is 0 Å². The normalized spacial score (nSPS) is 11.7. The maximum atomic E-state index is 13.0. The molecule has 166 valence electrons. The van der Waals surface area contributed by atoms with Crippen molar-refractivity contribution in [2.75, 3.05) is 11.0 Å². The summed E-state index contributed by atoms with van der Waals surface area (Å²) in [6.45, 7) is 2.75. The van der Waals surface area contributed by atoms with E-state index in [1.54, 1.807) is 0 Å². The zero-order chi connectivity index (χ0) is 23.7. The molecule has 0 unspecified atom stereocenters. The van der Waals surface area contributed by atoms with Gasteiger partial charge in [-0.25, -0.2) is 18.4 Å². The van der Waals surface area contributed by atoms with Crippen LogP contribution in [0.25, 0.3) is 11.3 Å². The molecule has 0 aliphatic rings. The summed E-state index contributed by atoms with van der Waals surface area (Å²) in [6, 6.07) is 7.19. The molecule has 0 aromatic carbocycles. The average molecular weight is 463 g/mol. The summed E-state index contributed by atoms with van der Waals surface area (Å²) in [5.41, 5.74) is 0.0228. The first kappa shape index (κ1) is 23.0. The van der Waals surface area contributed by atoms with E-state index in [-0.39, 0.29) is 34.1 Å². The van der Waals surface area contributed by atoms with Gasteiger partial charge in [-0.3, -0.25) is 9.71 Å². The lowest BCUT2D eigenvalue weighted by molar-refractivity contribution is -0.141. The SMILES string of the molecule is Cc1cc(C(F)(F)F)nc(C)c1Oc1nc(-c2cncc(C#N)c2)ccc1NS(C)(=O)=O. The molecular weight excluding hydrogens is 447 g/mol. The minimum atomic E-state index is -4.63.